The van der Waals surface area contributed by atoms with Crippen LogP contribution in [-0.4, -0.2) is 52.9 Å². The molecule has 9 atom stereocenters. The van der Waals surface area contributed by atoms with E-state index in [0.29, 0.717) is 11.5 Å². The second-order valence-electron chi connectivity index (χ2n) is 12.5. The minimum atomic E-state index is -2.70. The Balaban J connectivity index is 1.25. The molecule has 9 nitrogen and oxygen atoms in total. The zero-order valence-electron chi connectivity index (χ0n) is 22.4. The van der Waals surface area contributed by atoms with Gasteiger partial charge in [0, 0.05) is 29.6 Å². The first-order valence-electron chi connectivity index (χ1n) is 13.3. The number of carboxylic acids is 1. The highest BCUT2D eigenvalue weighted by atomic mass is 19.1. The fraction of sp³-hybridized carbons (Fsp3) is 0.679. The van der Waals surface area contributed by atoms with Crippen molar-refractivity contribution in [2.45, 2.75) is 89.7 Å². The summed E-state index contributed by atoms with van der Waals surface area (Å²) in [6.07, 6.45) is -1.05. The van der Waals surface area contributed by atoms with Gasteiger partial charge in [0.25, 0.3) is 0 Å². The number of esters is 1. The SMILES string of the molecule is CC(OC(=O)O[C@H]1C(C)(C)[C@H]2CC[C@]1(C)C2)OC(=O)[C@@]1(N)[C@H]2[C@@H](C[C@H]1OCc1ccc(F)cc1)[C@]2(F)C(=O)O. The van der Waals surface area contributed by atoms with Gasteiger partial charge in [0.2, 0.25) is 12.0 Å². The molecule has 0 spiro atoms. The quantitative estimate of drug-likeness (QED) is 0.362. The van der Waals surface area contributed by atoms with Crippen molar-refractivity contribution < 1.29 is 47.2 Å². The minimum absolute atomic E-state index is 0.0711. The molecule has 0 aromatic heterocycles. The molecule has 39 heavy (non-hydrogen) atoms. The number of carbonyl (C=O) groups excluding carboxylic acids is 2. The fourth-order valence-corrected chi connectivity index (χ4v) is 7.66. The predicted molar refractivity (Wildman–Crippen MR) is 131 cm³/mol. The standard InChI is InChI=1S/C28H35F2NO8/c1-14(38-24(35)39-21-25(2,3)16-9-10-26(21,4)12-16)37-23(34)28(31)19(11-18-20(28)27(18,30)22(32)33)36-13-15-5-7-17(29)8-6-15/h5-8,14,16,18-21H,9-13,31H2,1-4H3,(H,32,33)/t14?,16-,18+,19+,20-,21-,26+,27+,28-/m0/s1. The Hall–Kier alpha value is -2.79. The number of fused-ring (bicyclic) bond motifs is 3. The molecular formula is C28H35F2NO8. The van der Waals surface area contributed by atoms with Gasteiger partial charge < -0.3 is 29.8 Å². The van der Waals surface area contributed by atoms with E-state index in [1.54, 1.807) is 0 Å². The third-order valence-electron chi connectivity index (χ3n) is 9.73. The number of aliphatic carboxylic acids is 1. The molecule has 4 aliphatic rings. The lowest BCUT2D eigenvalue weighted by molar-refractivity contribution is -0.185. The zero-order valence-corrected chi connectivity index (χ0v) is 22.4. The maximum absolute atomic E-state index is 15.2. The summed E-state index contributed by atoms with van der Waals surface area (Å²) in [5.74, 6) is -5.30. The van der Waals surface area contributed by atoms with Crippen LogP contribution in [0.3, 0.4) is 0 Å². The lowest BCUT2D eigenvalue weighted by Crippen LogP contribution is -2.61. The van der Waals surface area contributed by atoms with E-state index in [4.69, 9.17) is 24.7 Å². The van der Waals surface area contributed by atoms with Crippen LogP contribution in [0.15, 0.2) is 24.3 Å². The molecule has 0 radical (unpaired) electrons. The van der Waals surface area contributed by atoms with Crippen molar-refractivity contribution in [2.24, 2.45) is 34.3 Å². The first kappa shape index (κ1) is 27.8. The van der Waals surface area contributed by atoms with Crippen molar-refractivity contribution in [2.75, 3.05) is 0 Å². The summed E-state index contributed by atoms with van der Waals surface area (Å²) in [5.41, 5.74) is 1.74. The summed E-state index contributed by atoms with van der Waals surface area (Å²) in [6, 6.07) is 5.44. The molecule has 214 valence electrons. The lowest BCUT2D eigenvalue weighted by Gasteiger charge is -2.41. The molecule has 3 N–H and O–H groups in total. The maximum atomic E-state index is 15.2. The van der Waals surface area contributed by atoms with E-state index < -0.39 is 59.3 Å². The van der Waals surface area contributed by atoms with Gasteiger partial charge in [-0.3, -0.25) is 0 Å². The van der Waals surface area contributed by atoms with Crippen LogP contribution in [0.5, 0.6) is 0 Å². The van der Waals surface area contributed by atoms with E-state index in [1.807, 2.05) is 0 Å². The van der Waals surface area contributed by atoms with Crippen LogP contribution in [0, 0.1) is 34.4 Å². The van der Waals surface area contributed by atoms with E-state index in [9.17, 15) is 23.9 Å². The van der Waals surface area contributed by atoms with Crippen LogP contribution in [0.25, 0.3) is 0 Å². The van der Waals surface area contributed by atoms with Crippen LogP contribution >= 0.6 is 0 Å². The van der Waals surface area contributed by atoms with Crippen molar-refractivity contribution >= 4 is 18.1 Å². The van der Waals surface area contributed by atoms with E-state index in [0.717, 1.165) is 19.3 Å². The molecule has 4 aliphatic carbocycles. The van der Waals surface area contributed by atoms with E-state index in [-0.39, 0.29) is 30.0 Å². The van der Waals surface area contributed by atoms with Crippen molar-refractivity contribution in [1.82, 2.24) is 0 Å². The Morgan fingerprint density at radius 2 is 1.82 bits per heavy atom. The number of nitrogens with two attached hydrogens (primary N) is 1. The molecule has 1 aromatic rings. The van der Waals surface area contributed by atoms with Gasteiger partial charge in [0.05, 0.1) is 12.7 Å². The molecule has 11 heteroatoms. The molecule has 0 heterocycles. The Morgan fingerprint density at radius 1 is 1.15 bits per heavy atom. The van der Waals surface area contributed by atoms with Crippen LogP contribution < -0.4 is 5.73 Å². The Morgan fingerprint density at radius 3 is 2.41 bits per heavy atom. The Labute approximate surface area is 225 Å². The number of carbonyl (C=O) groups is 3. The highest BCUT2D eigenvalue weighted by Gasteiger charge is 2.85. The molecule has 1 unspecified atom stereocenters. The number of rotatable bonds is 8. The Bertz CT molecular complexity index is 1170. The molecule has 0 saturated heterocycles. The van der Waals surface area contributed by atoms with Crippen LogP contribution in [0.4, 0.5) is 13.6 Å². The van der Waals surface area contributed by atoms with Crippen LogP contribution in [0.2, 0.25) is 0 Å². The van der Waals surface area contributed by atoms with Crippen molar-refractivity contribution in [3.63, 3.8) is 0 Å². The van der Waals surface area contributed by atoms with Gasteiger partial charge in [0.15, 0.2) is 0 Å². The highest BCUT2D eigenvalue weighted by Crippen LogP contribution is 2.67. The van der Waals surface area contributed by atoms with Crippen molar-refractivity contribution in [3.05, 3.63) is 35.6 Å². The molecule has 0 aliphatic heterocycles. The normalized spacial score (nSPS) is 40.0. The summed E-state index contributed by atoms with van der Waals surface area (Å²) in [4.78, 5) is 37.6. The summed E-state index contributed by atoms with van der Waals surface area (Å²) >= 11 is 0. The topological polar surface area (TPSA) is 134 Å². The third-order valence-corrected chi connectivity index (χ3v) is 9.73. The van der Waals surface area contributed by atoms with E-state index in [2.05, 4.69) is 20.8 Å². The number of hydrogen-bond acceptors (Lipinski definition) is 8. The number of benzene rings is 1. The smallest absolute Gasteiger partial charge is 0.479 e. The first-order valence-corrected chi connectivity index (χ1v) is 13.3. The molecule has 1 aromatic carbocycles. The van der Waals surface area contributed by atoms with Gasteiger partial charge >= 0.3 is 18.1 Å². The van der Waals surface area contributed by atoms with Gasteiger partial charge in [-0.25, -0.2) is 23.2 Å². The summed E-state index contributed by atoms with van der Waals surface area (Å²) < 4.78 is 50.5. The summed E-state index contributed by atoms with van der Waals surface area (Å²) in [6.45, 7) is 7.43. The zero-order chi connectivity index (χ0) is 28.5. The maximum Gasteiger partial charge on any atom is 0.511 e. The number of carboxylic acid groups (broad SMARTS) is 1. The summed E-state index contributed by atoms with van der Waals surface area (Å²) in [7, 11) is 0. The average molecular weight is 552 g/mol. The highest BCUT2D eigenvalue weighted by molar-refractivity contribution is 5.91. The van der Waals surface area contributed by atoms with Gasteiger partial charge in [0.1, 0.15) is 17.5 Å². The van der Waals surface area contributed by atoms with Crippen LogP contribution in [0.1, 0.15) is 58.9 Å². The van der Waals surface area contributed by atoms with Gasteiger partial charge in [-0.15, -0.1) is 0 Å². The molecule has 4 fully saturated rings. The molecule has 4 saturated carbocycles. The number of alkyl halides is 1. The van der Waals surface area contributed by atoms with E-state index in [1.165, 1.54) is 31.2 Å². The summed E-state index contributed by atoms with van der Waals surface area (Å²) in [5, 5.41) is 9.45. The number of ether oxygens (including phenoxy) is 4. The number of halogens is 2. The molecule has 2 bridgehead atoms. The third kappa shape index (κ3) is 4.28. The molecule has 0 amide bonds. The molecule has 5 rings (SSSR count). The Kier molecular flexibility index (Phi) is 6.49. The predicted octanol–water partition coefficient (Wildman–Crippen LogP) is 4.11. The fourth-order valence-electron chi connectivity index (χ4n) is 7.66. The first-order chi connectivity index (χ1) is 18.1. The monoisotopic (exact) mass is 551 g/mol. The second kappa shape index (κ2) is 9.12. The molecular weight excluding hydrogens is 516 g/mol. The van der Waals surface area contributed by atoms with E-state index >= 15 is 4.39 Å². The van der Waals surface area contributed by atoms with Gasteiger partial charge in [-0.1, -0.05) is 32.9 Å². The average Bonchev–Trinajstić information content (AvgIpc) is 3.08. The second-order valence-corrected chi connectivity index (χ2v) is 12.5. The largest absolute Gasteiger partial charge is 0.511 e. The van der Waals surface area contributed by atoms with Crippen LogP contribution in [-0.2, 0) is 35.1 Å². The minimum Gasteiger partial charge on any atom is -0.479 e. The van der Waals surface area contributed by atoms with Gasteiger partial charge in [-0.2, -0.15) is 0 Å². The van der Waals surface area contributed by atoms with Gasteiger partial charge in [-0.05, 0) is 49.3 Å². The van der Waals surface area contributed by atoms with Crippen molar-refractivity contribution in [1.29, 1.82) is 0 Å². The number of hydrogen-bond donors (Lipinski definition) is 2. The lowest BCUT2D eigenvalue weighted by atomic mass is 9.70. The van der Waals surface area contributed by atoms with Crippen molar-refractivity contribution in [3.8, 4) is 0 Å².